The molecule has 1 unspecified atom stereocenters. The highest BCUT2D eigenvalue weighted by molar-refractivity contribution is 9.11. The van der Waals surface area contributed by atoms with E-state index in [-0.39, 0.29) is 0 Å². The van der Waals surface area contributed by atoms with Crippen molar-refractivity contribution in [2.45, 2.75) is 18.7 Å². The van der Waals surface area contributed by atoms with Crippen molar-refractivity contribution in [1.82, 2.24) is 0 Å². The van der Waals surface area contributed by atoms with Gasteiger partial charge in [0, 0.05) is 4.88 Å². The average molecular weight is 366 g/mol. The lowest BCUT2D eigenvalue weighted by Crippen LogP contribution is -1.92. The van der Waals surface area contributed by atoms with Gasteiger partial charge in [0.1, 0.15) is 0 Å². The van der Waals surface area contributed by atoms with E-state index in [4.69, 9.17) is 0 Å². The van der Waals surface area contributed by atoms with Gasteiger partial charge in [0.15, 0.2) is 0 Å². The van der Waals surface area contributed by atoms with Gasteiger partial charge in [-0.3, -0.25) is 0 Å². The summed E-state index contributed by atoms with van der Waals surface area (Å²) in [6.07, 6.45) is 0. The molecule has 2 rings (SSSR count). The summed E-state index contributed by atoms with van der Waals surface area (Å²) in [6.45, 7) is 4.33. The summed E-state index contributed by atoms with van der Waals surface area (Å²) < 4.78 is 1.20. The fourth-order valence-corrected chi connectivity index (χ4v) is 5.43. The van der Waals surface area contributed by atoms with E-state index in [9.17, 15) is 0 Å². The van der Waals surface area contributed by atoms with E-state index in [2.05, 4.69) is 62.5 Å². The Morgan fingerprint density at radius 2 is 1.93 bits per heavy atom. The number of halogens is 2. The molecule has 0 saturated carbocycles. The van der Waals surface area contributed by atoms with Crippen LogP contribution in [0.5, 0.6) is 0 Å². The van der Waals surface area contributed by atoms with Crippen LogP contribution in [-0.2, 0) is 0 Å². The number of hydrogen-bond donors (Lipinski definition) is 0. The van der Waals surface area contributed by atoms with E-state index in [1.54, 1.807) is 22.7 Å². The Balaban J connectivity index is 2.40. The van der Waals surface area contributed by atoms with Crippen molar-refractivity contribution in [3.8, 4) is 0 Å². The largest absolute Gasteiger partial charge is 0.152 e. The maximum atomic E-state index is 3.78. The molecule has 0 saturated heterocycles. The van der Waals surface area contributed by atoms with Crippen LogP contribution in [0.25, 0.3) is 0 Å². The zero-order valence-corrected chi connectivity index (χ0v) is 13.2. The summed E-state index contributed by atoms with van der Waals surface area (Å²) in [7, 11) is 0. The van der Waals surface area contributed by atoms with E-state index in [1.165, 1.54) is 25.4 Å². The van der Waals surface area contributed by atoms with Crippen LogP contribution in [0.1, 0.15) is 26.4 Å². The predicted molar refractivity (Wildman–Crippen MR) is 76.6 cm³/mol. The highest BCUT2D eigenvalue weighted by Gasteiger charge is 2.17. The Morgan fingerprint density at radius 1 is 1.20 bits per heavy atom. The van der Waals surface area contributed by atoms with Crippen LogP contribution >= 0.6 is 54.5 Å². The number of hydrogen-bond acceptors (Lipinski definition) is 2. The van der Waals surface area contributed by atoms with Crippen molar-refractivity contribution < 1.29 is 0 Å². The molecule has 0 bridgehead atoms. The molecule has 2 heterocycles. The quantitative estimate of drug-likeness (QED) is 0.601. The monoisotopic (exact) mass is 364 g/mol. The van der Waals surface area contributed by atoms with Crippen LogP contribution in [0.4, 0.5) is 0 Å². The fourth-order valence-electron chi connectivity index (χ4n) is 1.51. The number of alkyl halides is 1. The minimum atomic E-state index is 0.325. The summed E-state index contributed by atoms with van der Waals surface area (Å²) in [6, 6.07) is 2.20. The van der Waals surface area contributed by atoms with Crippen LogP contribution < -0.4 is 0 Å². The minimum Gasteiger partial charge on any atom is -0.152 e. The molecule has 0 aromatic carbocycles. The first-order valence-corrected chi connectivity index (χ1v) is 7.99. The SMILES string of the molecule is Cc1cscc1C(Br)c1cc(Br)sc1C. The normalized spacial score (nSPS) is 13.1. The molecule has 0 spiro atoms. The summed E-state index contributed by atoms with van der Waals surface area (Å²) >= 11 is 10.9. The third-order valence-corrected chi connectivity index (χ3v) is 5.80. The maximum Gasteiger partial charge on any atom is 0.0704 e. The maximum absolute atomic E-state index is 3.78. The van der Waals surface area contributed by atoms with Crippen LogP contribution in [0.2, 0.25) is 0 Å². The number of rotatable bonds is 2. The number of thiophene rings is 2. The van der Waals surface area contributed by atoms with Gasteiger partial charge in [0.25, 0.3) is 0 Å². The first-order chi connectivity index (χ1) is 7.09. The standard InChI is InChI=1S/C11H10Br2S2/c1-6-4-14-5-9(6)11(13)8-3-10(12)15-7(8)2/h3-5,11H,1-2H3. The zero-order valence-electron chi connectivity index (χ0n) is 8.38. The summed E-state index contributed by atoms with van der Waals surface area (Å²) in [5.41, 5.74) is 4.12. The van der Waals surface area contributed by atoms with Crippen molar-refractivity contribution >= 4 is 54.5 Å². The lowest BCUT2D eigenvalue weighted by molar-refractivity contribution is 1.16. The Bertz CT molecular complexity index is 471. The molecule has 0 fully saturated rings. The summed E-state index contributed by atoms with van der Waals surface area (Å²) in [4.78, 5) is 1.70. The summed E-state index contributed by atoms with van der Waals surface area (Å²) in [5.74, 6) is 0. The molecule has 2 aromatic heterocycles. The molecule has 0 radical (unpaired) electrons. The van der Waals surface area contributed by atoms with Crippen molar-refractivity contribution in [2.75, 3.05) is 0 Å². The van der Waals surface area contributed by atoms with Crippen molar-refractivity contribution in [1.29, 1.82) is 0 Å². The summed E-state index contributed by atoms with van der Waals surface area (Å²) in [5, 5.41) is 4.42. The molecule has 0 aliphatic rings. The zero-order chi connectivity index (χ0) is 11.0. The molecule has 0 N–H and O–H groups in total. The van der Waals surface area contributed by atoms with Crippen molar-refractivity contribution in [3.05, 3.63) is 42.2 Å². The molecule has 1 atom stereocenters. The van der Waals surface area contributed by atoms with E-state index in [0.717, 1.165) is 0 Å². The highest BCUT2D eigenvalue weighted by atomic mass is 79.9. The van der Waals surface area contributed by atoms with Gasteiger partial charge in [-0.25, -0.2) is 0 Å². The molecule has 2 aromatic rings. The van der Waals surface area contributed by atoms with Gasteiger partial charge in [-0.1, -0.05) is 15.9 Å². The van der Waals surface area contributed by atoms with E-state index < -0.39 is 0 Å². The van der Waals surface area contributed by atoms with Crippen LogP contribution in [0.15, 0.2) is 20.6 Å². The van der Waals surface area contributed by atoms with Gasteiger partial charge in [0.2, 0.25) is 0 Å². The van der Waals surface area contributed by atoms with E-state index in [1.807, 2.05) is 0 Å². The first kappa shape index (κ1) is 11.8. The molecular weight excluding hydrogens is 356 g/mol. The lowest BCUT2D eigenvalue weighted by Gasteiger charge is -2.09. The Kier molecular flexibility index (Phi) is 3.71. The van der Waals surface area contributed by atoms with Crippen LogP contribution in [0.3, 0.4) is 0 Å². The van der Waals surface area contributed by atoms with Gasteiger partial charge in [-0.2, -0.15) is 11.3 Å². The Morgan fingerprint density at radius 3 is 2.40 bits per heavy atom. The highest BCUT2D eigenvalue weighted by Crippen LogP contribution is 2.40. The van der Waals surface area contributed by atoms with E-state index in [0.29, 0.717) is 4.83 Å². The molecular formula is C11H10Br2S2. The van der Waals surface area contributed by atoms with Gasteiger partial charge < -0.3 is 0 Å². The van der Waals surface area contributed by atoms with Crippen molar-refractivity contribution in [2.24, 2.45) is 0 Å². The Labute approximate surface area is 115 Å². The van der Waals surface area contributed by atoms with Crippen LogP contribution in [0, 0.1) is 13.8 Å². The smallest absolute Gasteiger partial charge is 0.0704 e. The van der Waals surface area contributed by atoms with Crippen molar-refractivity contribution in [3.63, 3.8) is 0 Å². The fraction of sp³-hybridized carbons (Fsp3) is 0.273. The van der Waals surface area contributed by atoms with E-state index >= 15 is 0 Å². The van der Waals surface area contributed by atoms with Crippen LogP contribution in [-0.4, -0.2) is 0 Å². The molecule has 4 heteroatoms. The molecule has 0 aliphatic carbocycles. The van der Waals surface area contributed by atoms with Gasteiger partial charge in [-0.05, 0) is 63.3 Å². The lowest BCUT2D eigenvalue weighted by atomic mass is 10.1. The molecule has 0 amide bonds. The molecule has 0 nitrogen and oxygen atoms in total. The average Bonchev–Trinajstić information content (AvgIpc) is 2.71. The molecule has 0 aliphatic heterocycles. The molecule has 15 heavy (non-hydrogen) atoms. The van der Waals surface area contributed by atoms with Gasteiger partial charge in [-0.15, -0.1) is 11.3 Å². The third-order valence-electron chi connectivity index (χ3n) is 2.37. The topological polar surface area (TPSA) is 0 Å². The third kappa shape index (κ3) is 2.38. The second-order valence-electron chi connectivity index (χ2n) is 3.43. The first-order valence-electron chi connectivity index (χ1n) is 4.52. The van der Waals surface area contributed by atoms with Gasteiger partial charge in [0.05, 0.1) is 8.61 Å². The number of aryl methyl sites for hydroxylation is 2. The second kappa shape index (κ2) is 4.70. The predicted octanol–water partition coefficient (Wildman–Crippen LogP) is 5.67. The Hall–Kier alpha value is 0.360. The molecule has 80 valence electrons. The van der Waals surface area contributed by atoms with Gasteiger partial charge >= 0.3 is 0 Å². The second-order valence-corrected chi connectivity index (χ2v) is 7.73. The minimum absolute atomic E-state index is 0.325.